The number of hydrogen-bond acceptors (Lipinski definition) is 4. The van der Waals surface area contributed by atoms with Crippen LogP contribution in [0.5, 0.6) is 0 Å². The van der Waals surface area contributed by atoms with Gasteiger partial charge in [0.05, 0.1) is 5.56 Å². The first-order valence-corrected chi connectivity index (χ1v) is 10.9. The van der Waals surface area contributed by atoms with Crippen LogP contribution in [0.15, 0.2) is 36.4 Å². The molecule has 0 radical (unpaired) electrons. The monoisotopic (exact) mass is 419 g/mol. The number of ether oxygens (including phenoxy) is 1. The van der Waals surface area contributed by atoms with Crippen LogP contribution in [0.3, 0.4) is 0 Å². The van der Waals surface area contributed by atoms with Crippen molar-refractivity contribution in [2.75, 3.05) is 13.2 Å². The van der Waals surface area contributed by atoms with E-state index in [1.807, 2.05) is 31.2 Å². The largest absolute Gasteiger partial charge is 0.381 e. The van der Waals surface area contributed by atoms with Gasteiger partial charge in [0, 0.05) is 26.1 Å². The molecule has 1 aliphatic heterocycles. The molecule has 0 amide bonds. The van der Waals surface area contributed by atoms with Gasteiger partial charge in [-0.1, -0.05) is 18.2 Å². The molecule has 31 heavy (non-hydrogen) atoms. The Labute approximate surface area is 182 Å². The van der Waals surface area contributed by atoms with Crippen molar-refractivity contribution < 1.29 is 18.7 Å². The van der Waals surface area contributed by atoms with Crippen LogP contribution >= 0.6 is 0 Å². The number of nitrogens with zero attached hydrogens (tertiary/aromatic N) is 1. The Kier molecular flexibility index (Phi) is 6.29. The Hall–Kier alpha value is -2.84. The van der Waals surface area contributed by atoms with E-state index in [9.17, 15) is 14.0 Å². The number of hydrogen-bond donors (Lipinski definition) is 0. The van der Waals surface area contributed by atoms with Crippen molar-refractivity contribution in [3.05, 3.63) is 58.9 Å². The Morgan fingerprint density at radius 3 is 2.32 bits per heavy atom. The zero-order valence-electron chi connectivity index (χ0n) is 17.7. The number of carbonyl (C=O) groups excluding carboxylic acids is 2. The van der Waals surface area contributed by atoms with Gasteiger partial charge in [-0.15, -0.1) is 0 Å². The Morgan fingerprint density at radius 1 is 1.00 bits per heavy atom. The van der Waals surface area contributed by atoms with Crippen LogP contribution in [0.4, 0.5) is 4.39 Å². The smallest absolute Gasteiger partial charge is 0.148 e. The molecule has 160 valence electrons. The van der Waals surface area contributed by atoms with Crippen molar-refractivity contribution in [3.63, 3.8) is 0 Å². The molecule has 0 bridgehead atoms. The number of carbonyl (C=O) groups is 2. The first-order valence-electron chi connectivity index (χ1n) is 10.9. The van der Waals surface area contributed by atoms with E-state index >= 15 is 0 Å². The highest BCUT2D eigenvalue weighted by Gasteiger charge is 2.38. The van der Waals surface area contributed by atoms with Crippen molar-refractivity contribution in [2.45, 2.75) is 44.9 Å². The van der Waals surface area contributed by atoms with Crippen molar-refractivity contribution >= 4 is 11.6 Å². The number of aryl methyl sites for hydroxylation is 1. The van der Waals surface area contributed by atoms with Gasteiger partial charge in [-0.05, 0) is 78.5 Å². The number of nitriles is 1. The number of rotatable bonds is 4. The predicted octanol–water partition coefficient (Wildman–Crippen LogP) is 5.12. The Bertz CT molecular complexity index is 1030. The molecule has 0 aromatic heterocycles. The van der Waals surface area contributed by atoms with Crippen molar-refractivity contribution in [1.82, 2.24) is 0 Å². The van der Waals surface area contributed by atoms with E-state index < -0.39 is 11.7 Å². The minimum absolute atomic E-state index is 0.00891. The fraction of sp³-hybridized carbons (Fsp3) is 0.423. The molecule has 4 nitrogen and oxygen atoms in total. The van der Waals surface area contributed by atoms with E-state index in [0.717, 1.165) is 49.2 Å². The second-order valence-corrected chi connectivity index (χ2v) is 8.81. The molecular formula is C26H26FNO3. The predicted molar refractivity (Wildman–Crippen MR) is 115 cm³/mol. The standard InChI is InChI=1S/C26H26FNO3/c1-16-2-3-20(19-4-5-23(27)21(13-19)15-28)14-22(16)26-24(29)11-18(12-25(26)30)10-17-6-8-31-9-7-17/h2-5,13-14,17-18,26H,6-12H2,1H3. The first-order chi connectivity index (χ1) is 15.0. The molecule has 0 atom stereocenters. The minimum Gasteiger partial charge on any atom is -0.381 e. The zero-order chi connectivity index (χ0) is 22.0. The van der Waals surface area contributed by atoms with Gasteiger partial charge < -0.3 is 4.74 Å². The number of halogens is 1. The molecule has 2 aromatic carbocycles. The Morgan fingerprint density at radius 2 is 1.65 bits per heavy atom. The van der Waals surface area contributed by atoms with Gasteiger partial charge in [0.1, 0.15) is 29.4 Å². The fourth-order valence-corrected chi connectivity index (χ4v) is 4.95. The minimum atomic E-state index is -0.734. The van der Waals surface area contributed by atoms with E-state index in [-0.39, 0.29) is 23.0 Å². The topological polar surface area (TPSA) is 67.2 Å². The highest BCUT2D eigenvalue weighted by Crippen LogP contribution is 2.38. The summed E-state index contributed by atoms with van der Waals surface area (Å²) >= 11 is 0. The van der Waals surface area contributed by atoms with Gasteiger partial charge in [0.15, 0.2) is 0 Å². The Balaban J connectivity index is 1.56. The van der Waals surface area contributed by atoms with E-state index in [2.05, 4.69) is 0 Å². The molecule has 1 saturated heterocycles. The first kappa shape index (κ1) is 21.4. The summed E-state index contributed by atoms with van der Waals surface area (Å²) in [7, 11) is 0. The van der Waals surface area contributed by atoms with Crippen LogP contribution in [-0.2, 0) is 14.3 Å². The zero-order valence-corrected chi connectivity index (χ0v) is 17.7. The summed E-state index contributed by atoms with van der Waals surface area (Å²) in [5.74, 6) is -0.656. The molecule has 2 aromatic rings. The van der Waals surface area contributed by atoms with Crippen LogP contribution in [0.2, 0.25) is 0 Å². The van der Waals surface area contributed by atoms with E-state index in [0.29, 0.717) is 24.3 Å². The van der Waals surface area contributed by atoms with Gasteiger partial charge in [0.2, 0.25) is 0 Å². The van der Waals surface area contributed by atoms with Gasteiger partial charge in [-0.2, -0.15) is 5.26 Å². The van der Waals surface area contributed by atoms with Gasteiger partial charge in [0.25, 0.3) is 0 Å². The summed E-state index contributed by atoms with van der Waals surface area (Å²) in [5, 5.41) is 9.12. The maximum Gasteiger partial charge on any atom is 0.148 e. The molecule has 0 N–H and O–H groups in total. The highest BCUT2D eigenvalue weighted by molar-refractivity contribution is 6.10. The maximum absolute atomic E-state index is 13.7. The molecule has 4 rings (SSSR count). The second-order valence-electron chi connectivity index (χ2n) is 8.81. The molecule has 0 spiro atoms. The van der Waals surface area contributed by atoms with Crippen LogP contribution < -0.4 is 0 Å². The molecule has 1 aliphatic carbocycles. The molecule has 5 heteroatoms. The fourth-order valence-electron chi connectivity index (χ4n) is 4.95. The normalized spacial score (nSPS) is 22.4. The van der Waals surface area contributed by atoms with Gasteiger partial charge >= 0.3 is 0 Å². The molecule has 2 aliphatic rings. The summed E-state index contributed by atoms with van der Waals surface area (Å²) in [6, 6.07) is 11.8. The third-order valence-electron chi connectivity index (χ3n) is 6.64. The summed E-state index contributed by atoms with van der Waals surface area (Å²) in [4.78, 5) is 26.1. The average Bonchev–Trinajstić information content (AvgIpc) is 2.76. The molecule has 1 saturated carbocycles. The van der Waals surface area contributed by atoms with Crippen molar-refractivity contribution in [3.8, 4) is 17.2 Å². The number of Topliss-reactive ketones (excluding diaryl/α,β-unsaturated/α-hetero) is 2. The van der Waals surface area contributed by atoms with Crippen molar-refractivity contribution in [2.24, 2.45) is 11.8 Å². The van der Waals surface area contributed by atoms with Gasteiger partial charge in [-0.25, -0.2) is 4.39 Å². The van der Waals surface area contributed by atoms with Crippen LogP contribution in [-0.4, -0.2) is 24.8 Å². The lowest BCUT2D eigenvalue weighted by Crippen LogP contribution is -2.33. The van der Waals surface area contributed by atoms with Crippen LogP contribution in [0, 0.1) is 35.9 Å². The third-order valence-corrected chi connectivity index (χ3v) is 6.64. The molecule has 2 fully saturated rings. The average molecular weight is 419 g/mol. The third kappa shape index (κ3) is 4.60. The molecular weight excluding hydrogens is 393 g/mol. The van der Waals surface area contributed by atoms with Gasteiger partial charge in [-0.3, -0.25) is 9.59 Å². The summed E-state index contributed by atoms with van der Waals surface area (Å²) in [6.45, 7) is 3.44. The lowest BCUT2D eigenvalue weighted by Gasteiger charge is -2.31. The van der Waals surface area contributed by atoms with Crippen molar-refractivity contribution in [1.29, 1.82) is 5.26 Å². The number of benzene rings is 2. The van der Waals surface area contributed by atoms with E-state index in [4.69, 9.17) is 10.00 Å². The second kappa shape index (κ2) is 9.11. The van der Waals surface area contributed by atoms with Crippen LogP contribution in [0.25, 0.3) is 11.1 Å². The quantitative estimate of drug-likeness (QED) is 0.645. The highest BCUT2D eigenvalue weighted by atomic mass is 19.1. The maximum atomic E-state index is 13.7. The van der Waals surface area contributed by atoms with E-state index in [1.165, 1.54) is 12.1 Å². The summed E-state index contributed by atoms with van der Waals surface area (Å²) in [6.07, 6.45) is 3.80. The lowest BCUT2D eigenvalue weighted by atomic mass is 9.72. The van der Waals surface area contributed by atoms with Crippen LogP contribution in [0.1, 0.15) is 54.7 Å². The summed E-state index contributed by atoms with van der Waals surface area (Å²) in [5.41, 5.74) is 3.04. The van der Waals surface area contributed by atoms with E-state index in [1.54, 1.807) is 6.07 Å². The molecule has 0 unspecified atom stereocenters. The number of ketones is 2. The molecule has 1 heterocycles. The SMILES string of the molecule is Cc1ccc(-c2ccc(F)c(C#N)c2)cc1C1C(=O)CC(CC2CCOCC2)CC1=O. The summed E-state index contributed by atoms with van der Waals surface area (Å²) < 4.78 is 19.1. The lowest BCUT2D eigenvalue weighted by molar-refractivity contribution is -0.134.